The molecule has 0 amide bonds. The second-order valence-electron chi connectivity index (χ2n) is 3.95. The molecular formula is C14H22N2O. The van der Waals surface area contributed by atoms with Crippen molar-refractivity contribution in [1.29, 1.82) is 0 Å². The molecule has 0 aromatic carbocycles. The van der Waals surface area contributed by atoms with Gasteiger partial charge in [-0.3, -0.25) is 0 Å². The standard InChI is InChI=1S/C14H22N2O/c1-5-8-13(17)14-12(15-4)9-10(6-2)11(7-3)16-14/h8-9,15,17H,5-7H2,1-4H3/b13-8+. The van der Waals surface area contributed by atoms with Crippen LogP contribution in [0.25, 0.3) is 5.76 Å². The molecule has 0 aliphatic carbocycles. The number of allylic oxidation sites excluding steroid dienone is 1. The summed E-state index contributed by atoms with van der Waals surface area (Å²) in [5, 5.41) is 13.1. The predicted molar refractivity (Wildman–Crippen MR) is 73.4 cm³/mol. The van der Waals surface area contributed by atoms with Gasteiger partial charge < -0.3 is 10.4 Å². The van der Waals surface area contributed by atoms with E-state index in [4.69, 9.17) is 0 Å². The zero-order valence-corrected chi connectivity index (χ0v) is 11.2. The van der Waals surface area contributed by atoms with E-state index in [0.717, 1.165) is 30.6 Å². The molecule has 17 heavy (non-hydrogen) atoms. The molecule has 1 rings (SSSR count). The number of aromatic nitrogens is 1. The maximum absolute atomic E-state index is 9.97. The molecule has 94 valence electrons. The lowest BCUT2D eigenvalue weighted by atomic mass is 10.1. The number of pyridine rings is 1. The maximum Gasteiger partial charge on any atom is 0.139 e. The summed E-state index contributed by atoms with van der Waals surface area (Å²) in [4.78, 5) is 4.57. The number of anilines is 1. The molecule has 0 saturated heterocycles. The monoisotopic (exact) mass is 234 g/mol. The summed E-state index contributed by atoms with van der Waals surface area (Å²) in [6.07, 6.45) is 4.44. The van der Waals surface area contributed by atoms with Gasteiger partial charge in [0.05, 0.1) is 5.69 Å². The Morgan fingerprint density at radius 3 is 2.53 bits per heavy atom. The molecule has 0 unspecified atom stereocenters. The first-order valence-corrected chi connectivity index (χ1v) is 6.27. The van der Waals surface area contributed by atoms with Crippen molar-refractivity contribution in [3.05, 3.63) is 29.1 Å². The second kappa shape index (κ2) is 6.28. The highest BCUT2D eigenvalue weighted by Crippen LogP contribution is 2.24. The van der Waals surface area contributed by atoms with Crippen LogP contribution in [-0.2, 0) is 12.8 Å². The Hall–Kier alpha value is -1.51. The Labute approximate surface area is 104 Å². The van der Waals surface area contributed by atoms with Crippen LogP contribution in [0.2, 0.25) is 0 Å². The summed E-state index contributed by atoms with van der Waals surface area (Å²) >= 11 is 0. The molecule has 0 aliphatic heterocycles. The Morgan fingerprint density at radius 1 is 1.35 bits per heavy atom. The first-order chi connectivity index (χ1) is 8.17. The Balaban J connectivity index is 3.33. The van der Waals surface area contributed by atoms with E-state index in [1.54, 1.807) is 6.08 Å². The van der Waals surface area contributed by atoms with E-state index in [1.807, 2.05) is 14.0 Å². The summed E-state index contributed by atoms with van der Waals surface area (Å²) in [5.74, 6) is 0.259. The number of hydrogen-bond donors (Lipinski definition) is 2. The highest BCUT2D eigenvalue weighted by molar-refractivity contribution is 5.69. The van der Waals surface area contributed by atoms with Crippen molar-refractivity contribution in [1.82, 2.24) is 4.98 Å². The van der Waals surface area contributed by atoms with Crippen LogP contribution in [0.15, 0.2) is 12.1 Å². The predicted octanol–water partition coefficient (Wildman–Crippen LogP) is 3.56. The lowest BCUT2D eigenvalue weighted by Crippen LogP contribution is -2.05. The third kappa shape index (κ3) is 2.99. The smallest absolute Gasteiger partial charge is 0.139 e. The Kier molecular flexibility index (Phi) is 5.01. The summed E-state index contributed by atoms with van der Waals surface area (Å²) < 4.78 is 0. The van der Waals surface area contributed by atoms with E-state index in [-0.39, 0.29) is 5.76 Å². The summed E-state index contributed by atoms with van der Waals surface area (Å²) in [6.45, 7) is 6.21. The van der Waals surface area contributed by atoms with Gasteiger partial charge in [-0.1, -0.05) is 20.8 Å². The SMILES string of the molecule is CC/C=C(/O)c1nc(CC)c(CC)cc1NC. The second-order valence-corrected chi connectivity index (χ2v) is 3.95. The number of aliphatic hydroxyl groups excluding tert-OH is 1. The van der Waals surface area contributed by atoms with Gasteiger partial charge in [-0.25, -0.2) is 4.98 Å². The molecule has 0 fully saturated rings. The van der Waals surface area contributed by atoms with Gasteiger partial charge in [0, 0.05) is 12.7 Å². The van der Waals surface area contributed by atoms with Crippen molar-refractivity contribution >= 4 is 11.4 Å². The fourth-order valence-corrected chi connectivity index (χ4v) is 1.88. The fourth-order valence-electron chi connectivity index (χ4n) is 1.88. The number of rotatable bonds is 5. The first-order valence-electron chi connectivity index (χ1n) is 6.27. The van der Waals surface area contributed by atoms with Crippen LogP contribution >= 0.6 is 0 Å². The zero-order valence-electron chi connectivity index (χ0n) is 11.2. The summed E-state index contributed by atoms with van der Waals surface area (Å²) in [7, 11) is 1.85. The van der Waals surface area contributed by atoms with Crippen molar-refractivity contribution in [3.8, 4) is 0 Å². The largest absolute Gasteiger partial charge is 0.506 e. The minimum absolute atomic E-state index is 0.259. The molecular weight excluding hydrogens is 212 g/mol. The van der Waals surface area contributed by atoms with Crippen LogP contribution in [0.3, 0.4) is 0 Å². The Bertz CT molecular complexity index is 411. The van der Waals surface area contributed by atoms with E-state index in [0.29, 0.717) is 5.69 Å². The fraction of sp³-hybridized carbons (Fsp3) is 0.500. The van der Waals surface area contributed by atoms with Crippen molar-refractivity contribution in [2.75, 3.05) is 12.4 Å². The average molecular weight is 234 g/mol. The summed E-state index contributed by atoms with van der Waals surface area (Å²) in [5.41, 5.74) is 3.85. The number of aliphatic hydroxyl groups is 1. The minimum atomic E-state index is 0.259. The van der Waals surface area contributed by atoms with E-state index in [9.17, 15) is 5.11 Å². The molecule has 3 nitrogen and oxygen atoms in total. The molecule has 2 N–H and O–H groups in total. The molecule has 0 saturated carbocycles. The van der Waals surface area contributed by atoms with Crippen LogP contribution in [0, 0.1) is 0 Å². The van der Waals surface area contributed by atoms with Gasteiger partial charge >= 0.3 is 0 Å². The lowest BCUT2D eigenvalue weighted by molar-refractivity contribution is 0.506. The van der Waals surface area contributed by atoms with E-state index in [2.05, 4.69) is 30.2 Å². The van der Waals surface area contributed by atoms with E-state index < -0.39 is 0 Å². The quantitative estimate of drug-likeness (QED) is 0.766. The van der Waals surface area contributed by atoms with Gasteiger partial charge in [0.1, 0.15) is 11.5 Å². The Morgan fingerprint density at radius 2 is 2.06 bits per heavy atom. The molecule has 0 spiro atoms. The van der Waals surface area contributed by atoms with Gasteiger partial charge in [0.25, 0.3) is 0 Å². The minimum Gasteiger partial charge on any atom is -0.506 e. The number of nitrogens with zero attached hydrogens (tertiary/aromatic N) is 1. The van der Waals surface area contributed by atoms with Gasteiger partial charge in [-0.2, -0.15) is 0 Å². The van der Waals surface area contributed by atoms with Crippen molar-refractivity contribution in [2.24, 2.45) is 0 Å². The molecule has 0 bridgehead atoms. The van der Waals surface area contributed by atoms with Crippen LogP contribution in [0.4, 0.5) is 5.69 Å². The summed E-state index contributed by atoms with van der Waals surface area (Å²) in [6, 6.07) is 2.08. The van der Waals surface area contributed by atoms with Crippen LogP contribution in [-0.4, -0.2) is 17.1 Å². The maximum atomic E-state index is 9.97. The van der Waals surface area contributed by atoms with Crippen LogP contribution < -0.4 is 5.32 Å². The van der Waals surface area contributed by atoms with Gasteiger partial charge in [-0.05, 0) is 37.0 Å². The zero-order chi connectivity index (χ0) is 12.8. The van der Waals surface area contributed by atoms with E-state index in [1.165, 1.54) is 5.56 Å². The highest BCUT2D eigenvalue weighted by atomic mass is 16.3. The molecule has 0 radical (unpaired) electrons. The molecule has 1 aromatic heterocycles. The molecule has 3 heteroatoms. The van der Waals surface area contributed by atoms with Crippen molar-refractivity contribution in [3.63, 3.8) is 0 Å². The first kappa shape index (κ1) is 13.6. The third-order valence-corrected chi connectivity index (χ3v) is 2.82. The van der Waals surface area contributed by atoms with Crippen LogP contribution in [0.1, 0.15) is 44.1 Å². The van der Waals surface area contributed by atoms with Crippen molar-refractivity contribution < 1.29 is 5.11 Å². The molecule has 1 aromatic rings. The average Bonchev–Trinajstić information content (AvgIpc) is 2.37. The number of aryl methyl sites for hydroxylation is 2. The number of hydrogen-bond acceptors (Lipinski definition) is 3. The van der Waals surface area contributed by atoms with Crippen molar-refractivity contribution in [2.45, 2.75) is 40.0 Å². The lowest BCUT2D eigenvalue weighted by Gasteiger charge is -2.13. The molecule has 0 aliphatic rings. The van der Waals surface area contributed by atoms with Crippen LogP contribution in [0.5, 0.6) is 0 Å². The molecule has 1 heterocycles. The van der Waals surface area contributed by atoms with E-state index >= 15 is 0 Å². The molecule has 0 atom stereocenters. The topological polar surface area (TPSA) is 45.2 Å². The van der Waals surface area contributed by atoms with Gasteiger partial charge in [0.15, 0.2) is 0 Å². The normalized spacial score (nSPS) is 11.6. The van der Waals surface area contributed by atoms with Gasteiger partial charge in [-0.15, -0.1) is 0 Å². The highest BCUT2D eigenvalue weighted by Gasteiger charge is 2.11. The number of nitrogens with one attached hydrogen (secondary N) is 1. The third-order valence-electron chi connectivity index (χ3n) is 2.82. The van der Waals surface area contributed by atoms with Gasteiger partial charge in [0.2, 0.25) is 0 Å².